The zero-order chi connectivity index (χ0) is 31.9. The summed E-state index contributed by atoms with van der Waals surface area (Å²) < 4.78 is 69.1. The number of benzene rings is 3. The van der Waals surface area contributed by atoms with Crippen molar-refractivity contribution in [1.29, 1.82) is 0 Å². The first-order chi connectivity index (χ1) is 20.2. The zero-order valence-corrected chi connectivity index (χ0v) is 26.1. The largest absolute Gasteiger partial charge is 0.416 e. The lowest BCUT2D eigenvalue weighted by Gasteiger charge is -2.34. The standard InChI is InChI=1S/C30H32Cl2F3N3O4S/c1-4-20(3)36-29(40)27(5-2)37(18-21-14-15-25(31)26(32)16-21)28(39)19-38(43(41,42)24-12-7-6-8-13-24)23-11-9-10-22(17-23)30(33,34)35/h6-17,20,27H,4-5,18-19H2,1-3H3,(H,36,40). The van der Waals surface area contributed by atoms with Gasteiger partial charge in [0, 0.05) is 12.6 Å². The Morgan fingerprint density at radius 1 is 0.907 bits per heavy atom. The summed E-state index contributed by atoms with van der Waals surface area (Å²) in [5.74, 6) is -1.27. The van der Waals surface area contributed by atoms with Gasteiger partial charge in [0.05, 0.1) is 26.2 Å². The topological polar surface area (TPSA) is 86.8 Å². The molecule has 7 nitrogen and oxygen atoms in total. The van der Waals surface area contributed by atoms with Crippen LogP contribution in [0.25, 0.3) is 0 Å². The number of halogens is 5. The monoisotopic (exact) mass is 657 g/mol. The number of anilines is 1. The Labute approximate surface area is 259 Å². The molecule has 232 valence electrons. The number of sulfonamides is 1. The molecule has 0 saturated carbocycles. The van der Waals surface area contributed by atoms with Gasteiger partial charge in [0.2, 0.25) is 11.8 Å². The molecule has 3 aromatic rings. The van der Waals surface area contributed by atoms with Crippen molar-refractivity contribution in [2.75, 3.05) is 10.8 Å². The van der Waals surface area contributed by atoms with Crippen LogP contribution in [0.4, 0.5) is 18.9 Å². The summed E-state index contributed by atoms with van der Waals surface area (Å²) in [6.07, 6.45) is -3.96. The Balaban J connectivity index is 2.12. The Kier molecular flexibility index (Phi) is 11.5. The minimum absolute atomic E-state index is 0.149. The number of carbonyl (C=O) groups is 2. The predicted molar refractivity (Wildman–Crippen MR) is 161 cm³/mol. The van der Waals surface area contributed by atoms with E-state index in [2.05, 4.69) is 5.32 Å². The molecular formula is C30H32Cl2F3N3O4S. The van der Waals surface area contributed by atoms with Gasteiger partial charge in [-0.2, -0.15) is 13.2 Å². The molecule has 3 rings (SSSR count). The van der Waals surface area contributed by atoms with Gasteiger partial charge in [-0.05, 0) is 67.8 Å². The van der Waals surface area contributed by atoms with E-state index in [1.165, 1.54) is 47.4 Å². The third-order valence-electron chi connectivity index (χ3n) is 6.80. The molecule has 0 aliphatic carbocycles. The van der Waals surface area contributed by atoms with Crippen LogP contribution in [-0.4, -0.2) is 43.8 Å². The van der Waals surface area contributed by atoms with Crippen LogP contribution in [-0.2, 0) is 32.3 Å². The van der Waals surface area contributed by atoms with Crippen molar-refractivity contribution in [3.8, 4) is 0 Å². The minimum Gasteiger partial charge on any atom is -0.352 e. The molecule has 2 amide bonds. The molecular weight excluding hydrogens is 626 g/mol. The smallest absolute Gasteiger partial charge is 0.352 e. The van der Waals surface area contributed by atoms with E-state index in [0.717, 1.165) is 12.1 Å². The molecule has 0 saturated heterocycles. The highest BCUT2D eigenvalue weighted by Crippen LogP contribution is 2.33. The first-order valence-electron chi connectivity index (χ1n) is 13.5. The Morgan fingerprint density at radius 3 is 2.16 bits per heavy atom. The van der Waals surface area contributed by atoms with Crippen molar-refractivity contribution >= 4 is 50.7 Å². The van der Waals surface area contributed by atoms with Gasteiger partial charge in [0.15, 0.2) is 0 Å². The predicted octanol–water partition coefficient (Wildman–Crippen LogP) is 6.93. The van der Waals surface area contributed by atoms with Crippen LogP contribution >= 0.6 is 23.2 Å². The molecule has 0 radical (unpaired) electrons. The molecule has 0 aliphatic heterocycles. The van der Waals surface area contributed by atoms with Gasteiger partial charge in [-0.15, -0.1) is 0 Å². The van der Waals surface area contributed by atoms with E-state index < -0.39 is 46.2 Å². The van der Waals surface area contributed by atoms with Gasteiger partial charge in [-0.1, -0.05) is 67.4 Å². The first kappa shape index (κ1) is 34.2. The van der Waals surface area contributed by atoms with Gasteiger partial charge in [-0.25, -0.2) is 8.42 Å². The van der Waals surface area contributed by atoms with Crippen molar-refractivity contribution in [3.05, 3.63) is 94.0 Å². The summed E-state index contributed by atoms with van der Waals surface area (Å²) in [4.78, 5) is 28.4. The van der Waals surface area contributed by atoms with E-state index in [1.807, 2.05) is 6.92 Å². The summed E-state index contributed by atoms with van der Waals surface area (Å²) in [5.41, 5.74) is -0.939. The molecule has 0 spiro atoms. The summed E-state index contributed by atoms with van der Waals surface area (Å²) in [7, 11) is -4.53. The van der Waals surface area contributed by atoms with Crippen molar-refractivity contribution in [1.82, 2.24) is 10.2 Å². The lowest BCUT2D eigenvalue weighted by molar-refractivity contribution is -0.140. The van der Waals surface area contributed by atoms with Crippen LogP contribution in [0.5, 0.6) is 0 Å². The lowest BCUT2D eigenvalue weighted by Crippen LogP contribution is -2.53. The fourth-order valence-corrected chi connectivity index (χ4v) is 6.03. The average molecular weight is 659 g/mol. The van der Waals surface area contributed by atoms with Crippen LogP contribution in [0.2, 0.25) is 10.0 Å². The van der Waals surface area contributed by atoms with Crippen LogP contribution in [0.1, 0.15) is 44.7 Å². The van der Waals surface area contributed by atoms with Crippen LogP contribution in [0.15, 0.2) is 77.7 Å². The fraction of sp³-hybridized carbons (Fsp3) is 0.333. The number of nitrogens with one attached hydrogen (secondary N) is 1. The van der Waals surface area contributed by atoms with Crippen molar-refractivity contribution in [2.24, 2.45) is 0 Å². The quantitative estimate of drug-likeness (QED) is 0.229. The number of nitrogens with zero attached hydrogens (tertiary/aromatic N) is 2. The van der Waals surface area contributed by atoms with E-state index in [9.17, 15) is 31.2 Å². The molecule has 1 N–H and O–H groups in total. The highest BCUT2D eigenvalue weighted by molar-refractivity contribution is 7.92. The van der Waals surface area contributed by atoms with E-state index >= 15 is 0 Å². The second-order valence-corrected chi connectivity index (χ2v) is 12.6. The molecule has 2 atom stereocenters. The van der Waals surface area contributed by atoms with E-state index in [1.54, 1.807) is 26.0 Å². The molecule has 0 aliphatic rings. The third-order valence-corrected chi connectivity index (χ3v) is 9.32. The maximum atomic E-state index is 14.1. The second kappa shape index (κ2) is 14.5. The minimum atomic E-state index is -4.76. The normalized spacial score (nSPS) is 13.2. The van der Waals surface area contributed by atoms with E-state index in [0.29, 0.717) is 22.4 Å². The van der Waals surface area contributed by atoms with Gasteiger partial charge >= 0.3 is 6.18 Å². The number of hydrogen-bond acceptors (Lipinski definition) is 4. The van der Waals surface area contributed by atoms with Crippen LogP contribution in [0, 0.1) is 0 Å². The third kappa shape index (κ3) is 8.64. The summed E-state index contributed by atoms with van der Waals surface area (Å²) in [6.45, 7) is 4.35. The number of rotatable bonds is 12. The molecule has 0 aromatic heterocycles. The summed E-state index contributed by atoms with van der Waals surface area (Å²) in [6, 6.07) is 14.2. The van der Waals surface area contributed by atoms with Crippen molar-refractivity contribution < 1.29 is 31.2 Å². The molecule has 0 bridgehead atoms. The van der Waals surface area contributed by atoms with Crippen LogP contribution < -0.4 is 9.62 Å². The van der Waals surface area contributed by atoms with Gasteiger partial charge in [0.1, 0.15) is 12.6 Å². The fourth-order valence-electron chi connectivity index (χ4n) is 4.28. The number of alkyl halides is 3. The van der Waals surface area contributed by atoms with Crippen LogP contribution in [0.3, 0.4) is 0 Å². The highest BCUT2D eigenvalue weighted by Gasteiger charge is 2.36. The van der Waals surface area contributed by atoms with Gasteiger partial charge in [-0.3, -0.25) is 13.9 Å². The van der Waals surface area contributed by atoms with Gasteiger partial charge < -0.3 is 10.2 Å². The lowest BCUT2D eigenvalue weighted by atomic mass is 10.1. The summed E-state index contributed by atoms with van der Waals surface area (Å²) in [5, 5.41) is 3.33. The molecule has 3 aromatic carbocycles. The number of carbonyl (C=O) groups excluding carboxylic acids is 2. The Bertz CT molecular complexity index is 1540. The summed E-state index contributed by atoms with van der Waals surface area (Å²) >= 11 is 12.2. The molecule has 2 unspecified atom stereocenters. The molecule has 0 heterocycles. The maximum Gasteiger partial charge on any atom is 0.416 e. The zero-order valence-electron chi connectivity index (χ0n) is 23.7. The Morgan fingerprint density at radius 2 is 1.58 bits per heavy atom. The number of hydrogen-bond donors (Lipinski definition) is 1. The average Bonchev–Trinajstić information content (AvgIpc) is 2.97. The molecule has 43 heavy (non-hydrogen) atoms. The van der Waals surface area contributed by atoms with E-state index in [4.69, 9.17) is 23.2 Å². The molecule has 0 fully saturated rings. The van der Waals surface area contributed by atoms with Crippen molar-refractivity contribution in [3.63, 3.8) is 0 Å². The second-order valence-electron chi connectivity index (χ2n) is 9.88. The first-order valence-corrected chi connectivity index (χ1v) is 15.7. The molecule has 13 heteroatoms. The number of amides is 2. The Hall–Kier alpha value is -3.28. The SMILES string of the molecule is CCC(C)NC(=O)C(CC)N(Cc1ccc(Cl)c(Cl)c1)C(=O)CN(c1cccc(C(F)(F)F)c1)S(=O)(=O)c1ccccc1. The van der Waals surface area contributed by atoms with Gasteiger partial charge in [0.25, 0.3) is 10.0 Å². The maximum absolute atomic E-state index is 14.1. The highest BCUT2D eigenvalue weighted by atomic mass is 35.5. The van der Waals surface area contributed by atoms with E-state index in [-0.39, 0.29) is 39.6 Å². The van der Waals surface area contributed by atoms with Crippen molar-refractivity contribution in [2.45, 2.75) is 63.3 Å².